The Morgan fingerprint density at radius 3 is 3.13 bits per heavy atom. The number of ether oxygens (including phenoxy) is 1. The summed E-state index contributed by atoms with van der Waals surface area (Å²) in [4.78, 5) is 11.2. The van der Waals surface area contributed by atoms with E-state index in [-0.39, 0.29) is 12.5 Å². The first kappa shape index (κ1) is 8.16. The zero-order valence-electron chi connectivity index (χ0n) is 7.86. The Morgan fingerprint density at radius 1 is 1.40 bits per heavy atom. The van der Waals surface area contributed by atoms with E-state index in [0.29, 0.717) is 11.4 Å². The molecule has 1 aromatic carbocycles. The Bertz CT molecular complexity index is 559. The average Bonchev–Trinajstić information content (AvgIpc) is 2.61. The van der Waals surface area contributed by atoms with Crippen LogP contribution in [0.25, 0.3) is 10.9 Å². The van der Waals surface area contributed by atoms with Crippen molar-refractivity contribution in [3.63, 3.8) is 0 Å². The molecule has 0 unspecified atom stereocenters. The summed E-state index contributed by atoms with van der Waals surface area (Å²) in [5, 5.41) is 3.68. The number of nitrogens with zero attached hydrogens (tertiary/aromatic N) is 1. The fourth-order valence-electron chi connectivity index (χ4n) is 1.79. The van der Waals surface area contributed by atoms with E-state index in [9.17, 15) is 4.79 Å². The number of nitrogens with two attached hydrogens (primary N) is 1. The molecule has 0 radical (unpaired) electrons. The van der Waals surface area contributed by atoms with Gasteiger partial charge < -0.3 is 15.9 Å². The first-order chi connectivity index (χ1) is 7.25. The number of aromatic nitrogens is 1. The van der Waals surface area contributed by atoms with Crippen LogP contribution in [-0.2, 0) is 4.79 Å². The first-order valence-electron chi connectivity index (χ1n) is 4.57. The van der Waals surface area contributed by atoms with E-state index >= 15 is 0 Å². The molecule has 1 aliphatic rings. The predicted molar refractivity (Wildman–Crippen MR) is 56.2 cm³/mol. The van der Waals surface area contributed by atoms with E-state index in [1.54, 1.807) is 12.3 Å². The Balaban J connectivity index is 2.32. The van der Waals surface area contributed by atoms with Gasteiger partial charge in [0, 0.05) is 11.6 Å². The summed E-state index contributed by atoms with van der Waals surface area (Å²) in [6.45, 7) is 0.0713. The number of hydrogen-bond donors (Lipinski definition) is 2. The van der Waals surface area contributed by atoms with Gasteiger partial charge in [0.2, 0.25) is 0 Å². The van der Waals surface area contributed by atoms with Crippen LogP contribution in [0.3, 0.4) is 0 Å². The summed E-state index contributed by atoms with van der Waals surface area (Å²) in [5.74, 6) is 6.26. The summed E-state index contributed by atoms with van der Waals surface area (Å²) in [6, 6.07) is 5.52. The highest BCUT2D eigenvalue weighted by Crippen LogP contribution is 2.35. The van der Waals surface area contributed by atoms with Gasteiger partial charge in [-0.25, -0.2) is 0 Å². The third-order valence-electron chi connectivity index (χ3n) is 2.49. The largest absolute Gasteiger partial charge is 0.482 e. The summed E-state index contributed by atoms with van der Waals surface area (Å²) >= 11 is 0. The number of carbonyl (C=O) groups excluding carboxylic acids is 1. The van der Waals surface area contributed by atoms with Crippen LogP contribution in [0.15, 0.2) is 24.4 Å². The number of carbonyl (C=O) groups is 1. The van der Waals surface area contributed by atoms with Gasteiger partial charge in [-0.1, -0.05) is 0 Å². The third-order valence-corrected chi connectivity index (χ3v) is 2.49. The normalized spacial score (nSPS) is 14.5. The molecule has 76 valence electrons. The van der Waals surface area contributed by atoms with Crippen LogP contribution in [0.1, 0.15) is 0 Å². The molecule has 0 saturated carbocycles. The molecule has 0 spiro atoms. The second kappa shape index (κ2) is 2.66. The number of nitrogen functional groups attached to an aromatic ring is 1. The lowest BCUT2D eigenvalue weighted by Crippen LogP contribution is -2.25. The van der Waals surface area contributed by atoms with E-state index in [0.717, 1.165) is 10.9 Å². The van der Waals surface area contributed by atoms with Crippen LogP contribution >= 0.6 is 0 Å². The molecular formula is C10H9N3O2. The van der Waals surface area contributed by atoms with Gasteiger partial charge in [0.15, 0.2) is 6.61 Å². The molecule has 1 aliphatic heterocycles. The van der Waals surface area contributed by atoms with Gasteiger partial charge in [0.1, 0.15) is 5.75 Å². The van der Waals surface area contributed by atoms with Crippen molar-refractivity contribution in [1.29, 1.82) is 0 Å². The van der Waals surface area contributed by atoms with Crippen molar-refractivity contribution in [1.82, 2.24) is 4.68 Å². The topological polar surface area (TPSA) is 69.3 Å². The number of benzene rings is 1. The van der Waals surface area contributed by atoms with Crippen molar-refractivity contribution in [2.45, 2.75) is 0 Å². The molecule has 3 rings (SSSR count). The third kappa shape index (κ3) is 1.06. The zero-order chi connectivity index (χ0) is 10.4. The minimum atomic E-state index is -0.139. The summed E-state index contributed by atoms with van der Waals surface area (Å²) in [6.07, 6.45) is 1.74. The number of hydrogen-bond acceptors (Lipinski definition) is 3. The number of amides is 1. The van der Waals surface area contributed by atoms with Crippen molar-refractivity contribution in [3.05, 3.63) is 24.4 Å². The molecule has 0 saturated heterocycles. The molecule has 5 nitrogen and oxygen atoms in total. The van der Waals surface area contributed by atoms with Crippen molar-refractivity contribution in [3.8, 4) is 5.75 Å². The molecule has 0 bridgehead atoms. The Kier molecular flexibility index (Phi) is 1.45. The van der Waals surface area contributed by atoms with E-state index < -0.39 is 0 Å². The summed E-state index contributed by atoms with van der Waals surface area (Å²) < 4.78 is 6.80. The fourth-order valence-corrected chi connectivity index (χ4v) is 1.79. The van der Waals surface area contributed by atoms with Crippen molar-refractivity contribution in [2.24, 2.45) is 0 Å². The highest BCUT2D eigenvalue weighted by molar-refractivity contribution is 6.06. The smallest absolute Gasteiger partial charge is 0.262 e. The van der Waals surface area contributed by atoms with Crippen LogP contribution in [0.2, 0.25) is 0 Å². The fraction of sp³-hybridized carbons (Fsp3) is 0.100. The lowest BCUT2D eigenvalue weighted by atomic mass is 10.2. The van der Waals surface area contributed by atoms with Crippen LogP contribution < -0.4 is 15.9 Å². The molecular weight excluding hydrogens is 194 g/mol. The molecule has 15 heavy (non-hydrogen) atoms. The van der Waals surface area contributed by atoms with Gasteiger partial charge in [-0.3, -0.25) is 9.47 Å². The van der Waals surface area contributed by atoms with E-state index in [1.165, 1.54) is 4.68 Å². The SMILES string of the molecule is Nn1ccc2c3c(ccc21)OCC(=O)N3. The maximum atomic E-state index is 11.2. The monoisotopic (exact) mass is 203 g/mol. The minimum Gasteiger partial charge on any atom is -0.482 e. The number of rotatable bonds is 0. The lowest BCUT2D eigenvalue weighted by Gasteiger charge is -2.18. The highest BCUT2D eigenvalue weighted by Gasteiger charge is 2.18. The molecule has 5 heteroatoms. The van der Waals surface area contributed by atoms with E-state index in [1.807, 2.05) is 12.1 Å². The van der Waals surface area contributed by atoms with Crippen LogP contribution in [0.4, 0.5) is 5.69 Å². The zero-order valence-corrected chi connectivity index (χ0v) is 7.86. The van der Waals surface area contributed by atoms with Gasteiger partial charge in [-0.05, 0) is 18.2 Å². The first-order valence-corrected chi connectivity index (χ1v) is 4.57. The van der Waals surface area contributed by atoms with E-state index in [2.05, 4.69) is 5.32 Å². The van der Waals surface area contributed by atoms with Gasteiger partial charge in [-0.15, -0.1) is 0 Å². The molecule has 1 aromatic heterocycles. The van der Waals surface area contributed by atoms with Crippen molar-refractivity contribution in [2.75, 3.05) is 17.8 Å². The Labute approximate surface area is 85.4 Å². The van der Waals surface area contributed by atoms with Crippen molar-refractivity contribution < 1.29 is 9.53 Å². The maximum Gasteiger partial charge on any atom is 0.262 e. The van der Waals surface area contributed by atoms with E-state index in [4.69, 9.17) is 10.6 Å². The molecule has 2 aromatic rings. The molecule has 0 fully saturated rings. The standard InChI is InChI=1S/C10H9N3O2/c11-13-4-3-6-7(13)1-2-8-10(6)12-9(14)5-15-8/h1-4H,5,11H2,(H,12,14). The van der Waals surface area contributed by atoms with Crippen molar-refractivity contribution >= 4 is 22.5 Å². The highest BCUT2D eigenvalue weighted by atomic mass is 16.5. The number of nitrogens with one attached hydrogen (secondary N) is 1. The Hall–Kier alpha value is -2.17. The van der Waals surface area contributed by atoms with Gasteiger partial charge in [0.05, 0.1) is 11.2 Å². The van der Waals surface area contributed by atoms with Crippen LogP contribution in [0, 0.1) is 0 Å². The average molecular weight is 203 g/mol. The minimum absolute atomic E-state index is 0.0713. The van der Waals surface area contributed by atoms with Crippen LogP contribution in [0.5, 0.6) is 5.75 Å². The second-order valence-corrected chi connectivity index (χ2v) is 3.43. The lowest BCUT2D eigenvalue weighted by molar-refractivity contribution is -0.118. The predicted octanol–water partition coefficient (Wildman–Crippen LogP) is 0.686. The Morgan fingerprint density at radius 2 is 2.27 bits per heavy atom. The second-order valence-electron chi connectivity index (χ2n) is 3.43. The molecule has 2 heterocycles. The van der Waals surface area contributed by atoms with Gasteiger partial charge in [0.25, 0.3) is 5.91 Å². The molecule has 3 N–H and O–H groups in total. The van der Waals surface area contributed by atoms with Gasteiger partial charge in [-0.2, -0.15) is 0 Å². The molecule has 0 aliphatic carbocycles. The number of fused-ring (bicyclic) bond motifs is 3. The summed E-state index contributed by atoms with van der Waals surface area (Å²) in [5.41, 5.74) is 1.56. The maximum absolute atomic E-state index is 11.2. The molecule has 0 atom stereocenters. The summed E-state index contributed by atoms with van der Waals surface area (Å²) in [7, 11) is 0. The number of anilines is 1. The quantitative estimate of drug-likeness (QED) is 0.619. The molecule has 1 amide bonds. The van der Waals surface area contributed by atoms with Crippen LogP contribution in [-0.4, -0.2) is 17.2 Å². The van der Waals surface area contributed by atoms with Gasteiger partial charge >= 0.3 is 0 Å².